The summed E-state index contributed by atoms with van der Waals surface area (Å²) >= 11 is 0. The van der Waals surface area contributed by atoms with Gasteiger partial charge in [-0.2, -0.15) is 5.26 Å². The van der Waals surface area contributed by atoms with Gasteiger partial charge in [-0.3, -0.25) is 4.98 Å². The van der Waals surface area contributed by atoms with Crippen LogP contribution in [0.25, 0.3) is 0 Å². The van der Waals surface area contributed by atoms with Crippen LogP contribution in [0.1, 0.15) is 11.1 Å². The van der Waals surface area contributed by atoms with Crippen molar-refractivity contribution in [2.45, 2.75) is 6.42 Å². The van der Waals surface area contributed by atoms with E-state index in [0.29, 0.717) is 5.56 Å². The van der Waals surface area contributed by atoms with Crippen molar-refractivity contribution in [2.75, 3.05) is 19.0 Å². The zero-order chi connectivity index (χ0) is 13.5. The van der Waals surface area contributed by atoms with Crippen LogP contribution in [0.3, 0.4) is 0 Å². The first-order valence-electron chi connectivity index (χ1n) is 6.04. The van der Waals surface area contributed by atoms with Crippen LogP contribution >= 0.6 is 0 Å². The Balaban J connectivity index is 2.01. The average molecular weight is 253 g/mol. The summed E-state index contributed by atoms with van der Waals surface area (Å²) in [7, 11) is 1.61. The number of methoxy groups -OCH3 is 1. The van der Waals surface area contributed by atoms with E-state index in [0.717, 1.165) is 24.4 Å². The van der Waals surface area contributed by atoms with E-state index >= 15 is 0 Å². The fourth-order valence-electron chi connectivity index (χ4n) is 1.79. The summed E-state index contributed by atoms with van der Waals surface area (Å²) in [5.41, 5.74) is 2.63. The average Bonchev–Trinajstić information content (AvgIpc) is 2.48. The molecule has 0 unspecified atom stereocenters. The highest BCUT2D eigenvalue weighted by Gasteiger charge is 2.03. The van der Waals surface area contributed by atoms with Gasteiger partial charge in [0.05, 0.1) is 18.4 Å². The van der Waals surface area contributed by atoms with Gasteiger partial charge in [-0.1, -0.05) is 0 Å². The number of pyridine rings is 1. The Labute approximate surface area is 112 Å². The molecule has 0 saturated heterocycles. The molecule has 1 heterocycles. The predicted octanol–water partition coefficient (Wildman–Crippen LogP) is 2.62. The number of nitrogens with zero attached hydrogens (tertiary/aromatic N) is 2. The molecule has 0 spiro atoms. The van der Waals surface area contributed by atoms with Crippen LogP contribution in [0.15, 0.2) is 42.7 Å². The van der Waals surface area contributed by atoms with Gasteiger partial charge < -0.3 is 10.1 Å². The third kappa shape index (κ3) is 3.46. The van der Waals surface area contributed by atoms with Crippen LogP contribution in [-0.4, -0.2) is 18.6 Å². The first-order valence-corrected chi connectivity index (χ1v) is 6.04. The second-order valence-corrected chi connectivity index (χ2v) is 4.06. The van der Waals surface area contributed by atoms with Crippen LogP contribution in [0.2, 0.25) is 0 Å². The Morgan fingerprint density at radius 2 is 2.05 bits per heavy atom. The van der Waals surface area contributed by atoms with Crippen molar-refractivity contribution in [3.05, 3.63) is 53.9 Å². The monoisotopic (exact) mass is 253 g/mol. The Bertz CT molecular complexity index is 576. The van der Waals surface area contributed by atoms with Gasteiger partial charge in [-0.15, -0.1) is 0 Å². The van der Waals surface area contributed by atoms with Crippen LogP contribution < -0.4 is 10.1 Å². The molecule has 0 aliphatic carbocycles. The molecule has 2 rings (SSSR count). The lowest BCUT2D eigenvalue weighted by Crippen LogP contribution is -2.06. The second-order valence-electron chi connectivity index (χ2n) is 4.06. The maximum absolute atomic E-state index is 9.06. The van der Waals surface area contributed by atoms with Crippen molar-refractivity contribution in [3.63, 3.8) is 0 Å². The summed E-state index contributed by atoms with van der Waals surface area (Å²) in [6.07, 6.45) is 4.44. The summed E-state index contributed by atoms with van der Waals surface area (Å²) in [4.78, 5) is 3.98. The van der Waals surface area contributed by atoms with E-state index in [4.69, 9.17) is 10.00 Å². The number of benzene rings is 1. The quantitative estimate of drug-likeness (QED) is 0.889. The minimum absolute atomic E-state index is 0.621. The summed E-state index contributed by atoms with van der Waals surface area (Å²) in [5, 5.41) is 12.3. The van der Waals surface area contributed by atoms with E-state index in [1.54, 1.807) is 31.6 Å². The number of ether oxygens (including phenoxy) is 1. The van der Waals surface area contributed by atoms with Crippen molar-refractivity contribution >= 4 is 5.69 Å². The van der Waals surface area contributed by atoms with Crippen LogP contribution in [0.5, 0.6) is 5.75 Å². The second kappa shape index (κ2) is 6.41. The summed E-state index contributed by atoms with van der Waals surface area (Å²) < 4.78 is 5.16. The zero-order valence-electron chi connectivity index (χ0n) is 10.8. The van der Waals surface area contributed by atoms with E-state index < -0.39 is 0 Å². The molecule has 4 heteroatoms. The lowest BCUT2D eigenvalue weighted by atomic mass is 10.1. The predicted molar refractivity (Wildman–Crippen MR) is 74.1 cm³/mol. The van der Waals surface area contributed by atoms with Gasteiger partial charge in [0.2, 0.25) is 0 Å². The van der Waals surface area contributed by atoms with Gasteiger partial charge >= 0.3 is 0 Å². The van der Waals surface area contributed by atoms with Crippen molar-refractivity contribution in [1.29, 1.82) is 5.26 Å². The number of hydrogen-bond acceptors (Lipinski definition) is 4. The van der Waals surface area contributed by atoms with Crippen molar-refractivity contribution in [1.82, 2.24) is 4.98 Å². The van der Waals surface area contributed by atoms with E-state index in [2.05, 4.69) is 16.4 Å². The molecule has 4 nitrogen and oxygen atoms in total. The maximum Gasteiger partial charge on any atom is 0.121 e. The molecule has 0 atom stereocenters. The molecule has 1 aromatic carbocycles. The summed E-state index contributed by atoms with van der Waals surface area (Å²) in [5.74, 6) is 0.741. The molecule has 2 aromatic rings. The highest BCUT2D eigenvalue weighted by molar-refractivity contribution is 5.60. The summed E-state index contributed by atoms with van der Waals surface area (Å²) in [6.45, 7) is 0.756. The molecule has 1 N–H and O–H groups in total. The first kappa shape index (κ1) is 12.9. The normalized spacial score (nSPS) is 9.68. The van der Waals surface area contributed by atoms with Gasteiger partial charge in [0.15, 0.2) is 0 Å². The number of nitriles is 1. The number of nitrogens with one attached hydrogen (secondary N) is 1. The number of rotatable bonds is 5. The van der Waals surface area contributed by atoms with E-state index in [-0.39, 0.29) is 0 Å². The fourth-order valence-corrected chi connectivity index (χ4v) is 1.79. The smallest absolute Gasteiger partial charge is 0.121 e. The Morgan fingerprint density at radius 3 is 2.74 bits per heavy atom. The molecule has 1 aromatic heterocycles. The van der Waals surface area contributed by atoms with E-state index in [1.807, 2.05) is 18.2 Å². The lowest BCUT2D eigenvalue weighted by molar-refractivity contribution is 0.415. The van der Waals surface area contributed by atoms with Gasteiger partial charge in [-0.25, -0.2) is 0 Å². The van der Waals surface area contributed by atoms with Crippen molar-refractivity contribution in [3.8, 4) is 11.8 Å². The minimum atomic E-state index is 0.621. The highest BCUT2D eigenvalue weighted by atomic mass is 16.5. The number of anilines is 1. The Morgan fingerprint density at radius 1 is 1.26 bits per heavy atom. The largest absolute Gasteiger partial charge is 0.497 e. The third-order valence-electron chi connectivity index (χ3n) is 2.83. The highest BCUT2D eigenvalue weighted by Crippen LogP contribution is 2.21. The van der Waals surface area contributed by atoms with Crippen LogP contribution in [0.4, 0.5) is 5.69 Å². The van der Waals surface area contributed by atoms with Gasteiger partial charge in [-0.05, 0) is 36.2 Å². The van der Waals surface area contributed by atoms with Crippen LogP contribution in [0, 0.1) is 11.3 Å². The first-order chi connectivity index (χ1) is 9.33. The molecule has 0 bridgehead atoms. The molecule has 0 saturated carbocycles. The van der Waals surface area contributed by atoms with E-state index in [9.17, 15) is 0 Å². The molecular formula is C15H15N3O. The van der Waals surface area contributed by atoms with Gasteiger partial charge in [0.25, 0.3) is 0 Å². The number of aromatic nitrogens is 1. The SMILES string of the molecule is COc1ccc(C#N)c(NCCc2ccncc2)c1. The molecule has 96 valence electrons. The maximum atomic E-state index is 9.06. The molecule has 0 aliphatic rings. The van der Waals surface area contributed by atoms with Crippen molar-refractivity contribution < 1.29 is 4.74 Å². The zero-order valence-corrected chi connectivity index (χ0v) is 10.8. The molecule has 19 heavy (non-hydrogen) atoms. The fraction of sp³-hybridized carbons (Fsp3) is 0.200. The Kier molecular flexibility index (Phi) is 4.35. The van der Waals surface area contributed by atoms with Gasteiger partial charge in [0.1, 0.15) is 11.8 Å². The van der Waals surface area contributed by atoms with Crippen molar-refractivity contribution in [2.24, 2.45) is 0 Å². The molecule has 0 fully saturated rings. The summed E-state index contributed by atoms with van der Waals surface area (Å²) in [6, 6.07) is 11.5. The van der Waals surface area contributed by atoms with Gasteiger partial charge in [0, 0.05) is 25.0 Å². The Hall–Kier alpha value is -2.54. The molecule has 0 radical (unpaired) electrons. The van der Waals surface area contributed by atoms with E-state index in [1.165, 1.54) is 5.56 Å². The molecule has 0 aliphatic heterocycles. The molecular weight excluding hydrogens is 238 g/mol. The minimum Gasteiger partial charge on any atom is -0.497 e. The standard InChI is InChI=1S/C15H15N3O/c1-19-14-3-2-13(11-16)15(10-14)18-9-6-12-4-7-17-8-5-12/h2-5,7-8,10,18H,6,9H2,1H3. The lowest BCUT2D eigenvalue weighted by Gasteiger charge is -2.10. The molecule has 0 amide bonds. The topological polar surface area (TPSA) is 57.9 Å². The number of hydrogen-bond donors (Lipinski definition) is 1. The third-order valence-corrected chi connectivity index (χ3v) is 2.83. The van der Waals surface area contributed by atoms with Crippen LogP contribution in [-0.2, 0) is 6.42 Å².